The van der Waals surface area contributed by atoms with E-state index >= 15 is 0 Å². The molecular formula is C15H22O4S. The summed E-state index contributed by atoms with van der Waals surface area (Å²) in [5.74, 6) is -0.358. The SMILES string of the molecule is Cc1ccc(SOCCOCC(=O)OC(C)(C)C)cc1. The zero-order valence-electron chi connectivity index (χ0n) is 12.5. The van der Waals surface area contributed by atoms with Gasteiger partial charge in [0, 0.05) is 16.9 Å². The lowest BCUT2D eigenvalue weighted by atomic mass is 10.2. The Kier molecular flexibility index (Phi) is 7.05. The zero-order chi connectivity index (χ0) is 15.0. The summed E-state index contributed by atoms with van der Waals surface area (Å²) in [7, 11) is 0. The molecule has 0 aliphatic heterocycles. The van der Waals surface area contributed by atoms with Crippen molar-refractivity contribution in [3.63, 3.8) is 0 Å². The summed E-state index contributed by atoms with van der Waals surface area (Å²) in [6, 6.07) is 8.07. The Hall–Kier alpha value is -1.04. The van der Waals surface area contributed by atoms with Gasteiger partial charge in [-0.2, -0.15) is 0 Å². The maximum absolute atomic E-state index is 11.4. The van der Waals surface area contributed by atoms with E-state index in [-0.39, 0.29) is 12.6 Å². The molecule has 0 radical (unpaired) electrons. The molecule has 4 nitrogen and oxygen atoms in total. The van der Waals surface area contributed by atoms with Gasteiger partial charge in [0.25, 0.3) is 0 Å². The summed E-state index contributed by atoms with van der Waals surface area (Å²) in [5.41, 5.74) is 0.744. The lowest BCUT2D eigenvalue weighted by Gasteiger charge is -2.19. The van der Waals surface area contributed by atoms with E-state index < -0.39 is 5.60 Å². The summed E-state index contributed by atoms with van der Waals surface area (Å²) in [5, 5.41) is 0. The minimum absolute atomic E-state index is 0.0458. The van der Waals surface area contributed by atoms with Crippen molar-refractivity contribution in [2.75, 3.05) is 19.8 Å². The Labute approximate surface area is 125 Å². The van der Waals surface area contributed by atoms with Gasteiger partial charge in [0.05, 0.1) is 13.2 Å². The van der Waals surface area contributed by atoms with Crippen LogP contribution in [-0.4, -0.2) is 31.4 Å². The van der Waals surface area contributed by atoms with E-state index in [0.717, 1.165) is 4.90 Å². The van der Waals surface area contributed by atoms with E-state index in [1.165, 1.54) is 17.6 Å². The topological polar surface area (TPSA) is 44.8 Å². The molecule has 0 atom stereocenters. The smallest absolute Gasteiger partial charge is 0.332 e. The Balaban J connectivity index is 2.05. The van der Waals surface area contributed by atoms with Gasteiger partial charge in [-0.1, -0.05) is 17.7 Å². The first-order valence-corrected chi connectivity index (χ1v) is 7.27. The van der Waals surface area contributed by atoms with E-state index in [4.69, 9.17) is 13.7 Å². The maximum Gasteiger partial charge on any atom is 0.332 e. The minimum Gasteiger partial charge on any atom is -0.458 e. The van der Waals surface area contributed by atoms with Gasteiger partial charge in [0.2, 0.25) is 0 Å². The van der Waals surface area contributed by atoms with Gasteiger partial charge >= 0.3 is 5.97 Å². The highest BCUT2D eigenvalue weighted by atomic mass is 32.2. The molecular weight excluding hydrogens is 276 g/mol. The molecule has 1 rings (SSSR count). The van der Waals surface area contributed by atoms with Crippen LogP contribution in [0.5, 0.6) is 0 Å². The second-order valence-corrected chi connectivity index (χ2v) is 6.23. The first-order valence-electron chi connectivity index (χ1n) is 6.52. The minimum atomic E-state index is -0.474. The van der Waals surface area contributed by atoms with Crippen molar-refractivity contribution in [2.45, 2.75) is 38.2 Å². The van der Waals surface area contributed by atoms with Crippen molar-refractivity contribution in [1.82, 2.24) is 0 Å². The number of hydrogen-bond acceptors (Lipinski definition) is 5. The Morgan fingerprint density at radius 3 is 2.40 bits per heavy atom. The molecule has 0 saturated carbocycles. The summed E-state index contributed by atoms with van der Waals surface area (Å²) in [6.07, 6.45) is 0. The number of ether oxygens (including phenoxy) is 2. The van der Waals surface area contributed by atoms with Gasteiger partial charge in [-0.15, -0.1) is 0 Å². The molecule has 1 aromatic rings. The molecule has 0 unspecified atom stereocenters. The first-order chi connectivity index (χ1) is 9.37. The standard InChI is InChI=1S/C15H22O4S/c1-12-5-7-13(8-6-12)20-18-10-9-17-11-14(16)19-15(2,3)4/h5-8H,9-11H2,1-4H3. The fraction of sp³-hybridized carbons (Fsp3) is 0.533. The van der Waals surface area contributed by atoms with Crippen molar-refractivity contribution in [3.8, 4) is 0 Å². The van der Waals surface area contributed by atoms with Crippen LogP contribution in [0.2, 0.25) is 0 Å². The van der Waals surface area contributed by atoms with Crippen LogP contribution in [0.25, 0.3) is 0 Å². The molecule has 0 saturated heterocycles. The highest BCUT2D eigenvalue weighted by Gasteiger charge is 2.15. The van der Waals surface area contributed by atoms with Gasteiger partial charge in [-0.25, -0.2) is 4.79 Å². The van der Waals surface area contributed by atoms with Gasteiger partial charge < -0.3 is 13.7 Å². The number of carbonyl (C=O) groups excluding carboxylic acids is 1. The second-order valence-electron chi connectivity index (χ2n) is 5.36. The third-order valence-corrected chi connectivity index (χ3v) is 2.88. The Morgan fingerprint density at radius 1 is 1.15 bits per heavy atom. The molecule has 0 N–H and O–H groups in total. The van der Waals surface area contributed by atoms with Crippen LogP contribution >= 0.6 is 12.0 Å². The van der Waals surface area contributed by atoms with Crippen LogP contribution < -0.4 is 0 Å². The summed E-state index contributed by atoms with van der Waals surface area (Å²) in [6.45, 7) is 8.25. The molecule has 0 aliphatic carbocycles. The number of rotatable bonds is 7. The maximum atomic E-state index is 11.4. The van der Waals surface area contributed by atoms with Crippen LogP contribution in [0.4, 0.5) is 0 Å². The predicted octanol–water partition coefficient (Wildman–Crippen LogP) is 3.38. The fourth-order valence-corrected chi connectivity index (χ4v) is 1.86. The van der Waals surface area contributed by atoms with Crippen LogP contribution in [0, 0.1) is 6.92 Å². The number of aryl methyl sites for hydroxylation is 1. The third-order valence-electron chi connectivity index (χ3n) is 2.13. The van der Waals surface area contributed by atoms with Crippen molar-refractivity contribution in [2.24, 2.45) is 0 Å². The number of esters is 1. The predicted molar refractivity (Wildman–Crippen MR) is 79.7 cm³/mol. The van der Waals surface area contributed by atoms with Crippen LogP contribution in [0.1, 0.15) is 26.3 Å². The summed E-state index contributed by atoms with van der Waals surface area (Å²) >= 11 is 1.30. The van der Waals surface area contributed by atoms with E-state index in [2.05, 4.69) is 0 Å². The van der Waals surface area contributed by atoms with Gasteiger partial charge in [0.1, 0.15) is 12.2 Å². The Morgan fingerprint density at radius 2 is 1.80 bits per heavy atom. The number of hydrogen-bond donors (Lipinski definition) is 0. The molecule has 0 heterocycles. The average molecular weight is 298 g/mol. The van der Waals surface area contributed by atoms with Crippen molar-refractivity contribution < 1.29 is 18.5 Å². The van der Waals surface area contributed by atoms with E-state index in [0.29, 0.717) is 13.2 Å². The third kappa shape index (κ3) is 8.19. The van der Waals surface area contributed by atoms with Crippen molar-refractivity contribution >= 4 is 18.0 Å². The average Bonchev–Trinajstić information content (AvgIpc) is 2.33. The van der Waals surface area contributed by atoms with Crippen molar-refractivity contribution in [1.29, 1.82) is 0 Å². The normalized spacial score (nSPS) is 11.4. The van der Waals surface area contributed by atoms with Gasteiger partial charge in [0.15, 0.2) is 0 Å². The monoisotopic (exact) mass is 298 g/mol. The molecule has 0 aromatic heterocycles. The molecule has 0 aliphatic rings. The number of benzene rings is 1. The summed E-state index contributed by atoms with van der Waals surface area (Å²) in [4.78, 5) is 12.4. The second kappa shape index (κ2) is 8.29. The Bertz CT molecular complexity index is 409. The van der Waals surface area contributed by atoms with Crippen molar-refractivity contribution in [3.05, 3.63) is 29.8 Å². The molecule has 0 spiro atoms. The highest BCUT2D eigenvalue weighted by Crippen LogP contribution is 2.18. The molecule has 5 heteroatoms. The lowest BCUT2D eigenvalue weighted by Crippen LogP contribution is -2.26. The van der Waals surface area contributed by atoms with Crippen LogP contribution in [-0.2, 0) is 18.5 Å². The summed E-state index contributed by atoms with van der Waals surface area (Å²) < 4.78 is 15.7. The molecule has 0 fully saturated rings. The first kappa shape index (κ1) is 17.0. The zero-order valence-corrected chi connectivity index (χ0v) is 13.3. The van der Waals surface area contributed by atoms with Crippen LogP contribution in [0.3, 0.4) is 0 Å². The molecule has 0 amide bonds. The highest BCUT2D eigenvalue weighted by molar-refractivity contribution is 7.94. The van der Waals surface area contributed by atoms with E-state index in [9.17, 15) is 4.79 Å². The van der Waals surface area contributed by atoms with Crippen LogP contribution in [0.15, 0.2) is 29.2 Å². The molecule has 1 aromatic carbocycles. The van der Waals surface area contributed by atoms with E-state index in [1.807, 2.05) is 52.0 Å². The van der Waals surface area contributed by atoms with E-state index in [1.54, 1.807) is 0 Å². The van der Waals surface area contributed by atoms with Gasteiger partial charge in [-0.05, 0) is 39.8 Å². The van der Waals surface area contributed by atoms with Gasteiger partial charge in [-0.3, -0.25) is 0 Å². The lowest BCUT2D eigenvalue weighted by molar-refractivity contribution is -0.160. The molecule has 112 valence electrons. The quantitative estimate of drug-likeness (QED) is 0.439. The fourth-order valence-electron chi connectivity index (χ4n) is 1.32. The molecule has 0 bridgehead atoms. The molecule has 20 heavy (non-hydrogen) atoms. The number of carbonyl (C=O) groups is 1. The largest absolute Gasteiger partial charge is 0.458 e.